The van der Waals surface area contributed by atoms with Gasteiger partial charge in [-0.15, -0.1) is 0 Å². The average Bonchev–Trinajstić information content (AvgIpc) is 1.61. The Morgan fingerprint density at radius 2 is 2.14 bits per heavy atom. The average molecular weight is 96.0 g/mol. The summed E-state index contributed by atoms with van der Waals surface area (Å²) in [6, 6.07) is 0. The maximum atomic E-state index is 2.22. The van der Waals surface area contributed by atoms with Gasteiger partial charge < -0.3 is 0 Å². The number of rotatable bonds is 2. The van der Waals surface area contributed by atoms with Crippen LogP contribution in [0, 0.1) is 5.92 Å². The first-order valence-corrected chi connectivity index (χ1v) is 2.88. The summed E-state index contributed by atoms with van der Waals surface area (Å²) >= 11 is 0. The van der Waals surface area contributed by atoms with Crippen LogP contribution in [0.25, 0.3) is 0 Å². The van der Waals surface area contributed by atoms with E-state index in [1.165, 1.54) is 6.32 Å². The van der Waals surface area contributed by atoms with Crippen LogP contribution in [0.4, 0.5) is 0 Å². The zero-order valence-electron chi connectivity index (χ0n) is 5.44. The summed E-state index contributed by atoms with van der Waals surface area (Å²) in [6.45, 7) is 8.70. The molecular weight excluding hydrogens is 82.9 g/mol. The van der Waals surface area contributed by atoms with Gasteiger partial charge in [0, 0.05) is 0 Å². The van der Waals surface area contributed by atoms with Crippen molar-refractivity contribution in [3.63, 3.8) is 0 Å². The van der Waals surface area contributed by atoms with Gasteiger partial charge in [-0.05, 0) is 0 Å². The molecule has 0 aliphatic rings. The Morgan fingerprint density at radius 3 is 2.29 bits per heavy atom. The zero-order chi connectivity index (χ0) is 5.70. The normalized spacial score (nSPS) is 10.3. The predicted molar refractivity (Wildman–Crippen MR) is 37.1 cm³/mol. The monoisotopic (exact) mass is 96.1 g/mol. The summed E-state index contributed by atoms with van der Waals surface area (Å²) < 4.78 is 0. The molecule has 0 N–H and O–H groups in total. The first-order valence-electron chi connectivity index (χ1n) is 2.88. The molecule has 0 aliphatic heterocycles. The van der Waals surface area contributed by atoms with Crippen LogP contribution in [0.1, 0.15) is 20.8 Å². The summed E-state index contributed by atoms with van der Waals surface area (Å²) in [5.74, 6) is 2.91. The third kappa shape index (κ3) is 5.93. The topological polar surface area (TPSA) is 0 Å². The van der Waals surface area contributed by atoms with Gasteiger partial charge in [-0.25, -0.2) is 0 Å². The molecule has 40 valence electrons. The molecule has 0 spiro atoms. The third-order valence-corrected chi connectivity index (χ3v) is 0.843. The minimum absolute atomic E-state index is 0.816. The second-order valence-corrected chi connectivity index (χ2v) is 2.20. The van der Waals surface area contributed by atoms with E-state index in [1.54, 1.807) is 0 Å². The van der Waals surface area contributed by atoms with Crippen LogP contribution in [0.15, 0.2) is 0 Å². The molecular formula is C6H13B. The van der Waals surface area contributed by atoms with Crippen LogP contribution in [0.5, 0.6) is 0 Å². The second-order valence-electron chi connectivity index (χ2n) is 2.20. The number of hydrogen-bond donors (Lipinski definition) is 0. The molecule has 0 aromatic heterocycles. The van der Waals surface area contributed by atoms with E-state index in [0.717, 1.165) is 5.92 Å². The Kier molecular flexibility index (Phi) is 4.07. The van der Waals surface area contributed by atoms with Crippen molar-refractivity contribution in [2.24, 2.45) is 5.92 Å². The predicted octanol–water partition coefficient (Wildman–Crippen LogP) is 1.59. The number of hydrogen-bond acceptors (Lipinski definition) is 0. The van der Waals surface area contributed by atoms with Crippen molar-refractivity contribution in [2.75, 3.05) is 0 Å². The van der Waals surface area contributed by atoms with Gasteiger partial charge in [-0.2, -0.15) is 0 Å². The van der Waals surface area contributed by atoms with E-state index in [1.807, 2.05) is 0 Å². The van der Waals surface area contributed by atoms with Crippen molar-refractivity contribution < 1.29 is 0 Å². The Morgan fingerprint density at radius 1 is 1.57 bits per heavy atom. The van der Waals surface area contributed by atoms with Crippen molar-refractivity contribution in [1.82, 2.24) is 0 Å². The van der Waals surface area contributed by atoms with Crippen molar-refractivity contribution in [3.05, 3.63) is 0 Å². The zero-order valence-corrected chi connectivity index (χ0v) is 5.44. The first-order chi connectivity index (χ1) is 3.27. The molecule has 0 heterocycles. The molecule has 0 radical (unpaired) electrons. The molecule has 0 rings (SSSR count). The van der Waals surface area contributed by atoms with Crippen molar-refractivity contribution in [3.8, 4) is 0 Å². The first kappa shape index (κ1) is 6.93. The van der Waals surface area contributed by atoms with Gasteiger partial charge in [0.2, 0.25) is 0 Å². The summed E-state index contributed by atoms with van der Waals surface area (Å²) in [5, 5.41) is 0. The minimum atomic E-state index is 0.816. The quantitative estimate of drug-likeness (QED) is 0.458. The van der Waals surface area contributed by atoms with Crippen LogP contribution in [0.3, 0.4) is 0 Å². The summed E-state index contributed by atoms with van der Waals surface area (Å²) in [6.07, 6.45) is 1.22. The fourth-order valence-corrected chi connectivity index (χ4v) is 0.408. The molecule has 0 aliphatic carbocycles. The summed E-state index contributed by atoms with van der Waals surface area (Å²) in [7, 11) is 0. The van der Waals surface area contributed by atoms with Gasteiger partial charge in [0.1, 0.15) is 0 Å². The van der Waals surface area contributed by atoms with Gasteiger partial charge in [-0.1, -0.05) is 0 Å². The molecule has 0 amide bonds. The molecule has 0 unspecified atom stereocenters. The summed E-state index contributed by atoms with van der Waals surface area (Å²) in [5.41, 5.74) is 0. The third-order valence-electron chi connectivity index (χ3n) is 0.843. The van der Waals surface area contributed by atoms with E-state index < -0.39 is 0 Å². The van der Waals surface area contributed by atoms with E-state index in [2.05, 4.69) is 33.7 Å². The van der Waals surface area contributed by atoms with Gasteiger partial charge in [0.05, 0.1) is 0 Å². The molecule has 0 aromatic carbocycles. The van der Waals surface area contributed by atoms with Crippen molar-refractivity contribution in [1.29, 1.82) is 0 Å². The molecule has 0 aromatic rings. The Labute approximate surface area is 46.8 Å². The molecule has 1 heteroatoms. The van der Waals surface area contributed by atoms with Crippen molar-refractivity contribution >= 4 is 12.9 Å². The van der Waals surface area contributed by atoms with E-state index in [0.29, 0.717) is 0 Å². The second kappa shape index (κ2) is 4.10. The van der Waals surface area contributed by atoms with Gasteiger partial charge in [0.15, 0.2) is 0 Å². The van der Waals surface area contributed by atoms with E-state index in [-0.39, 0.29) is 0 Å². The fraction of sp³-hybridized carbons (Fsp3) is 0.833. The van der Waals surface area contributed by atoms with E-state index in [9.17, 15) is 0 Å². The molecule has 0 fully saturated rings. The molecule has 0 saturated heterocycles. The Bertz CT molecular complexity index is 55.2. The maximum absolute atomic E-state index is 2.22. The van der Waals surface area contributed by atoms with Crippen LogP contribution in [0.2, 0.25) is 6.32 Å². The standard InChI is InChI=1S/C6H13B/c1-4-7-5-6(2)3/h4,6H,5H2,1-3H3. The summed E-state index contributed by atoms with van der Waals surface area (Å²) in [4.78, 5) is 0. The fourth-order valence-electron chi connectivity index (χ4n) is 0.408. The van der Waals surface area contributed by atoms with Crippen LogP contribution in [-0.4, -0.2) is 12.9 Å². The molecule has 0 nitrogen and oxygen atoms in total. The van der Waals surface area contributed by atoms with Crippen molar-refractivity contribution in [2.45, 2.75) is 27.1 Å². The molecule has 0 atom stereocenters. The molecule has 7 heavy (non-hydrogen) atoms. The van der Waals surface area contributed by atoms with Crippen LogP contribution < -0.4 is 0 Å². The van der Waals surface area contributed by atoms with Crippen LogP contribution in [-0.2, 0) is 0 Å². The van der Waals surface area contributed by atoms with Gasteiger partial charge >= 0.3 is 45.9 Å². The van der Waals surface area contributed by atoms with Gasteiger partial charge in [0.25, 0.3) is 0 Å². The van der Waals surface area contributed by atoms with Crippen LogP contribution >= 0.6 is 0 Å². The van der Waals surface area contributed by atoms with E-state index >= 15 is 0 Å². The Balaban J connectivity index is 2.97. The SMILES string of the molecule is CC=BCC(C)C. The Hall–Kier alpha value is -0.0651. The molecule has 0 saturated carbocycles. The molecule has 0 bridgehead atoms. The van der Waals surface area contributed by atoms with E-state index in [4.69, 9.17) is 0 Å². The van der Waals surface area contributed by atoms with Gasteiger partial charge in [-0.3, -0.25) is 0 Å².